The summed E-state index contributed by atoms with van der Waals surface area (Å²) in [7, 11) is 1.65. The summed E-state index contributed by atoms with van der Waals surface area (Å²) in [4.78, 5) is 22.6. The van der Waals surface area contributed by atoms with Crippen LogP contribution in [0, 0.1) is 0 Å². The lowest BCUT2D eigenvalue weighted by atomic mass is 10.2. The molecule has 2 rings (SSSR count). The largest absolute Gasteiger partial charge is 0.419 e. The first-order valence-electron chi connectivity index (χ1n) is 5.67. The Morgan fingerprint density at radius 1 is 1.50 bits per heavy atom. The maximum absolute atomic E-state index is 11.3. The standard InChI is InChI=1S/C12H15N3O3/c1-15-9-3-2-8(6-10(9)18-12(15)17)7-14-11(16)4-5-13/h2-3,6H,4-5,7,13H2,1H3,(H,14,16). The van der Waals surface area contributed by atoms with Gasteiger partial charge in [-0.15, -0.1) is 0 Å². The van der Waals surface area contributed by atoms with Crippen LogP contribution in [0.1, 0.15) is 12.0 Å². The number of carbonyl (C=O) groups is 1. The molecule has 6 nitrogen and oxygen atoms in total. The number of benzene rings is 1. The summed E-state index contributed by atoms with van der Waals surface area (Å²) < 4.78 is 6.50. The van der Waals surface area contributed by atoms with Crippen LogP contribution in [0.4, 0.5) is 0 Å². The van der Waals surface area contributed by atoms with Crippen molar-refractivity contribution in [2.24, 2.45) is 12.8 Å². The molecule has 0 fully saturated rings. The van der Waals surface area contributed by atoms with E-state index in [0.717, 1.165) is 11.1 Å². The van der Waals surface area contributed by atoms with Gasteiger partial charge in [0.15, 0.2) is 5.58 Å². The van der Waals surface area contributed by atoms with Gasteiger partial charge in [-0.2, -0.15) is 0 Å². The fraction of sp³-hybridized carbons (Fsp3) is 0.333. The van der Waals surface area contributed by atoms with Crippen molar-refractivity contribution in [3.63, 3.8) is 0 Å². The summed E-state index contributed by atoms with van der Waals surface area (Å²) in [6, 6.07) is 5.39. The molecule has 0 bridgehead atoms. The predicted molar refractivity (Wildman–Crippen MR) is 67.0 cm³/mol. The van der Waals surface area contributed by atoms with Crippen LogP contribution >= 0.6 is 0 Å². The van der Waals surface area contributed by atoms with Crippen molar-refractivity contribution in [3.8, 4) is 0 Å². The molecule has 0 spiro atoms. The van der Waals surface area contributed by atoms with E-state index in [-0.39, 0.29) is 5.91 Å². The van der Waals surface area contributed by atoms with E-state index in [1.165, 1.54) is 4.57 Å². The van der Waals surface area contributed by atoms with Crippen molar-refractivity contribution in [2.45, 2.75) is 13.0 Å². The second-order valence-electron chi connectivity index (χ2n) is 4.04. The van der Waals surface area contributed by atoms with Gasteiger partial charge in [-0.1, -0.05) is 6.07 Å². The lowest BCUT2D eigenvalue weighted by Gasteiger charge is -2.04. The SMILES string of the molecule is Cn1c(=O)oc2cc(CNC(=O)CCN)ccc21. The van der Waals surface area contributed by atoms with Gasteiger partial charge in [0.25, 0.3) is 0 Å². The van der Waals surface area contributed by atoms with E-state index in [4.69, 9.17) is 10.2 Å². The molecule has 0 saturated carbocycles. The summed E-state index contributed by atoms with van der Waals surface area (Å²) in [6.45, 7) is 0.728. The van der Waals surface area contributed by atoms with Crippen molar-refractivity contribution < 1.29 is 9.21 Å². The van der Waals surface area contributed by atoms with Crippen LogP contribution in [0.5, 0.6) is 0 Å². The highest BCUT2D eigenvalue weighted by Crippen LogP contribution is 2.14. The molecule has 1 aromatic carbocycles. The van der Waals surface area contributed by atoms with Gasteiger partial charge in [-0.05, 0) is 17.7 Å². The number of amides is 1. The average molecular weight is 249 g/mol. The highest BCUT2D eigenvalue weighted by Gasteiger charge is 2.06. The zero-order valence-electron chi connectivity index (χ0n) is 10.1. The number of aromatic nitrogens is 1. The molecule has 0 aliphatic rings. The van der Waals surface area contributed by atoms with Crippen LogP contribution in [0.3, 0.4) is 0 Å². The zero-order valence-corrected chi connectivity index (χ0v) is 10.1. The third-order valence-electron chi connectivity index (χ3n) is 2.72. The van der Waals surface area contributed by atoms with E-state index in [2.05, 4.69) is 5.32 Å². The molecule has 0 aliphatic carbocycles. The molecule has 0 unspecified atom stereocenters. The zero-order chi connectivity index (χ0) is 13.1. The normalized spacial score (nSPS) is 10.8. The van der Waals surface area contributed by atoms with Crippen LogP contribution in [0.15, 0.2) is 27.4 Å². The number of oxazole rings is 1. The van der Waals surface area contributed by atoms with E-state index in [0.29, 0.717) is 25.1 Å². The fourth-order valence-electron chi connectivity index (χ4n) is 1.71. The molecule has 18 heavy (non-hydrogen) atoms. The number of nitrogens with one attached hydrogen (secondary N) is 1. The van der Waals surface area contributed by atoms with Crippen LogP contribution in [0.2, 0.25) is 0 Å². The molecule has 2 aromatic rings. The lowest BCUT2D eigenvalue weighted by molar-refractivity contribution is -0.121. The minimum atomic E-state index is -0.394. The summed E-state index contributed by atoms with van der Waals surface area (Å²) in [5.41, 5.74) is 7.41. The van der Waals surface area contributed by atoms with Crippen LogP contribution in [-0.4, -0.2) is 17.0 Å². The van der Waals surface area contributed by atoms with E-state index < -0.39 is 5.76 Å². The van der Waals surface area contributed by atoms with Gasteiger partial charge < -0.3 is 15.5 Å². The molecule has 0 aliphatic heterocycles. The Labute approximate surface area is 103 Å². The first-order valence-corrected chi connectivity index (χ1v) is 5.67. The third kappa shape index (κ3) is 2.43. The lowest BCUT2D eigenvalue weighted by Crippen LogP contribution is -2.24. The molecule has 3 N–H and O–H groups in total. The first kappa shape index (κ1) is 12.4. The third-order valence-corrected chi connectivity index (χ3v) is 2.72. The van der Waals surface area contributed by atoms with Crippen LogP contribution in [0.25, 0.3) is 11.1 Å². The maximum atomic E-state index is 11.3. The summed E-state index contributed by atoms with van der Waals surface area (Å²) in [5.74, 6) is -0.485. The molecule has 96 valence electrons. The second kappa shape index (κ2) is 5.05. The Kier molecular flexibility index (Phi) is 3.47. The molecule has 0 atom stereocenters. The number of carbonyl (C=O) groups excluding carboxylic acids is 1. The minimum absolute atomic E-state index is 0.0906. The van der Waals surface area contributed by atoms with E-state index in [9.17, 15) is 9.59 Å². The smallest absolute Gasteiger partial charge is 0.408 e. The molecule has 1 heterocycles. The summed E-state index contributed by atoms with van der Waals surface area (Å²) in [5, 5.41) is 2.74. The number of rotatable bonds is 4. The number of fused-ring (bicyclic) bond motifs is 1. The first-order chi connectivity index (χ1) is 8.61. The van der Waals surface area contributed by atoms with Gasteiger partial charge in [-0.3, -0.25) is 9.36 Å². The number of aryl methyl sites for hydroxylation is 1. The molecule has 6 heteroatoms. The van der Waals surface area contributed by atoms with Crippen molar-refractivity contribution in [1.29, 1.82) is 0 Å². The average Bonchev–Trinajstić information content (AvgIpc) is 2.63. The Morgan fingerprint density at radius 3 is 3.00 bits per heavy atom. The Balaban J connectivity index is 2.15. The molecule has 0 saturated heterocycles. The fourth-order valence-corrected chi connectivity index (χ4v) is 1.71. The number of nitrogens with zero attached hydrogens (tertiary/aromatic N) is 1. The van der Waals surface area contributed by atoms with Crippen molar-refractivity contribution in [3.05, 3.63) is 34.3 Å². The van der Waals surface area contributed by atoms with Crippen LogP contribution < -0.4 is 16.8 Å². The molecule has 1 aromatic heterocycles. The molecule has 1 amide bonds. The van der Waals surface area contributed by atoms with Gasteiger partial charge in [0, 0.05) is 26.6 Å². The van der Waals surface area contributed by atoms with E-state index >= 15 is 0 Å². The minimum Gasteiger partial charge on any atom is -0.408 e. The molecular weight excluding hydrogens is 234 g/mol. The van der Waals surface area contributed by atoms with Crippen LogP contribution in [-0.2, 0) is 18.4 Å². The van der Waals surface area contributed by atoms with Gasteiger partial charge in [-0.25, -0.2) is 4.79 Å². The topological polar surface area (TPSA) is 90.3 Å². The Hall–Kier alpha value is -2.08. The Bertz CT molecular complexity index is 627. The summed E-state index contributed by atoms with van der Waals surface area (Å²) >= 11 is 0. The van der Waals surface area contributed by atoms with Gasteiger partial charge in [0.05, 0.1) is 5.52 Å². The van der Waals surface area contributed by atoms with Gasteiger partial charge in [0.2, 0.25) is 5.91 Å². The quantitative estimate of drug-likeness (QED) is 0.804. The highest BCUT2D eigenvalue weighted by atomic mass is 16.4. The number of nitrogens with two attached hydrogens (primary N) is 1. The number of hydrogen-bond donors (Lipinski definition) is 2. The highest BCUT2D eigenvalue weighted by molar-refractivity contribution is 5.77. The monoisotopic (exact) mass is 249 g/mol. The van der Waals surface area contributed by atoms with Crippen molar-refractivity contribution in [1.82, 2.24) is 9.88 Å². The van der Waals surface area contributed by atoms with Crippen molar-refractivity contribution in [2.75, 3.05) is 6.54 Å². The van der Waals surface area contributed by atoms with E-state index in [1.807, 2.05) is 6.07 Å². The maximum Gasteiger partial charge on any atom is 0.419 e. The molecule has 0 radical (unpaired) electrons. The summed E-state index contributed by atoms with van der Waals surface area (Å²) in [6.07, 6.45) is 0.308. The predicted octanol–water partition coefficient (Wildman–Crippen LogP) is 0.0965. The second-order valence-corrected chi connectivity index (χ2v) is 4.04. The Morgan fingerprint density at radius 2 is 2.28 bits per heavy atom. The number of hydrogen-bond acceptors (Lipinski definition) is 4. The van der Waals surface area contributed by atoms with Gasteiger partial charge in [0.1, 0.15) is 0 Å². The van der Waals surface area contributed by atoms with Gasteiger partial charge >= 0.3 is 5.76 Å². The van der Waals surface area contributed by atoms with Crippen molar-refractivity contribution >= 4 is 17.0 Å². The van der Waals surface area contributed by atoms with E-state index in [1.54, 1.807) is 19.2 Å². The molecular formula is C12H15N3O3.